The predicted octanol–water partition coefficient (Wildman–Crippen LogP) is 1.90. The van der Waals surface area contributed by atoms with E-state index < -0.39 is 0 Å². The molecule has 132 valence electrons. The van der Waals surface area contributed by atoms with Gasteiger partial charge in [-0.2, -0.15) is 5.26 Å². The van der Waals surface area contributed by atoms with Crippen LogP contribution in [0.15, 0.2) is 36.7 Å². The van der Waals surface area contributed by atoms with E-state index in [0.29, 0.717) is 31.1 Å². The molecule has 6 heteroatoms. The molecule has 0 atom stereocenters. The lowest BCUT2D eigenvalue weighted by molar-refractivity contribution is -0.137. The molecular formula is C20H21N5O. The summed E-state index contributed by atoms with van der Waals surface area (Å²) in [5, 5.41) is 8.86. The number of nitriles is 1. The van der Waals surface area contributed by atoms with E-state index >= 15 is 0 Å². The highest BCUT2D eigenvalue weighted by molar-refractivity contribution is 5.80. The number of aromatic nitrogens is 2. The minimum atomic E-state index is -0.0891. The van der Waals surface area contributed by atoms with Gasteiger partial charge in [-0.1, -0.05) is 12.1 Å². The van der Waals surface area contributed by atoms with Crippen LogP contribution >= 0.6 is 0 Å². The summed E-state index contributed by atoms with van der Waals surface area (Å²) < 4.78 is 0. The number of carbonyl (C=O) groups is 1. The largest absolute Gasteiger partial charge is 0.352 e. The first kappa shape index (κ1) is 16.5. The SMILES string of the molecule is CC(C)N1CC2(CN(C(=O)Cc3ccc(C#N)cc3)C2)c2nccnc21. The van der Waals surface area contributed by atoms with Crippen molar-refractivity contribution in [2.75, 3.05) is 24.5 Å². The van der Waals surface area contributed by atoms with Crippen molar-refractivity contribution in [3.05, 3.63) is 53.5 Å². The van der Waals surface area contributed by atoms with Crippen LogP contribution in [0.4, 0.5) is 5.82 Å². The van der Waals surface area contributed by atoms with Gasteiger partial charge in [0.05, 0.1) is 29.2 Å². The highest BCUT2D eigenvalue weighted by Gasteiger charge is 2.54. The van der Waals surface area contributed by atoms with Crippen LogP contribution in [0.5, 0.6) is 0 Å². The van der Waals surface area contributed by atoms with Gasteiger partial charge in [-0.25, -0.2) is 4.98 Å². The van der Waals surface area contributed by atoms with Crippen molar-refractivity contribution in [1.82, 2.24) is 14.9 Å². The standard InChI is InChI=1S/C20H21N5O/c1-14(2)25-13-20(18-19(25)23-8-7-22-18)11-24(12-20)17(26)9-15-3-5-16(10-21)6-4-15/h3-8,14H,9,11-13H2,1-2H3. The van der Waals surface area contributed by atoms with Crippen LogP contribution < -0.4 is 4.90 Å². The fourth-order valence-electron chi connectivity index (χ4n) is 3.91. The van der Waals surface area contributed by atoms with Gasteiger partial charge in [-0.3, -0.25) is 9.78 Å². The van der Waals surface area contributed by atoms with Gasteiger partial charge >= 0.3 is 0 Å². The summed E-state index contributed by atoms with van der Waals surface area (Å²) >= 11 is 0. The highest BCUT2D eigenvalue weighted by atomic mass is 16.2. The Kier molecular flexibility index (Phi) is 3.87. The zero-order valence-corrected chi connectivity index (χ0v) is 15.0. The van der Waals surface area contributed by atoms with Crippen molar-refractivity contribution >= 4 is 11.7 Å². The first-order valence-corrected chi connectivity index (χ1v) is 8.87. The summed E-state index contributed by atoms with van der Waals surface area (Å²) in [5.41, 5.74) is 2.48. The van der Waals surface area contributed by atoms with Crippen LogP contribution in [-0.2, 0) is 16.6 Å². The van der Waals surface area contributed by atoms with Gasteiger partial charge in [-0.05, 0) is 31.5 Å². The average Bonchev–Trinajstić information content (AvgIpc) is 2.97. The zero-order chi connectivity index (χ0) is 18.3. The van der Waals surface area contributed by atoms with Crippen LogP contribution in [-0.4, -0.2) is 46.5 Å². The van der Waals surface area contributed by atoms with Crippen molar-refractivity contribution in [2.24, 2.45) is 0 Å². The molecule has 0 radical (unpaired) electrons. The Labute approximate surface area is 153 Å². The molecule has 26 heavy (non-hydrogen) atoms. The van der Waals surface area contributed by atoms with Crippen molar-refractivity contribution in [3.63, 3.8) is 0 Å². The van der Waals surface area contributed by atoms with E-state index in [-0.39, 0.29) is 11.3 Å². The minimum Gasteiger partial charge on any atom is -0.352 e. The normalized spacial score (nSPS) is 17.2. The molecule has 2 aliphatic rings. The third-order valence-electron chi connectivity index (χ3n) is 5.33. The summed E-state index contributed by atoms with van der Waals surface area (Å²) in [6, 6.07) is 9.66. The lowest BCUT2D eigenvalue weighted by Gasteiger charge is -2.48. The molecule has 2 aliphatic heterocycles. The second-order valence-electron chi connectivity index (χ2n) is 7.47. The fourth-order valence-corrected chi connectivity index (χ4v) is 3.91. The number of fused-ring (bicyclic) bond motifs is 2. The minimum absolute atomic E-state index is 0.0891. The number of rotatable bonds is 3. The first-order chi connectivity index (χ1) is 12.5. The van der Waals surface area contributed by atoms with Gasteiger partial charge in [-0.15, -0.1) is 0 Å². The van der Waals surface area contributed by atoms with Crippen molar-refractivity contribution in [1.29, 1.82) is 5.26 Å². The van der Waals surface area contributed by atoms with E-state index in [1.807, 2.05) is 17.0 Å². The zero-order valence-electron chi connectivity index (χ0n) is 15.0. The van der Waals surface area contributed by atoms with Gasteiger partial charge in [0.15, 0.2) is 5.82 Å². The van der Waals surface area contributed by atoms with E-state index in [2.05, 4.69) is 34.8 Å². The third-order valence-corrected chi connectivity index (χ3v) is 5.33. The van der Waals surface area contributed by atoms with Gasteiger partial charge in [0, 0.05) is 38.1 Å². The Morgan fingerprint density at radius 1 is 1.19 bits per heavy atom. The summed E-state index contributed by atoms with van der Waals surface area (Å²) in [5.74, 6) is 1.08. The summed E-state index contributed by atoms with van der Waals surface area (Å²) in [4.78, 5) is 25.9. The van der Waals surface area contributed by atoms with Crippen molar-refractivity contribution < 1.29 is 4.79 Å². The molecule has 0 unspecified atom stereocenters. The maximum Gasteiger partial charge on any atom is 0.227 e. The number of likely N-dealkylation sites (tertiary alicyclic amines) is 1. The molecule has 1 aromatic carbocycles. The molecule has 6 nitrogen and oxygen atoms in total. The lowest BCUT2D eigenvalue weighted by atomic mass is 9.78. The van der Waals surface area contributed by atoms with Gasteiger partial charge in [0.1, 0.15) is 0 Å². The van der Waals surface area contributed by atoms with Crippen molar-refractivity contribution in [2.45, 2.75) is 31.7 Å². The quantitative estimate of drug-likeness (QED) is 0.848. The van der Waals surface area contributed by atoms with E-state index in [0.717, 1.165) is 23.6 Å². The molecule has 1 saturated heterocycles. The van der Waals surface area contributed by atoms with Crippen LogP contribution in [0.2, 0.25) is 0 Å². The number of amides is 1. The van der Waals surface area contributed by atoms with Crippen LogP contribution in [0.1, 0.15) is 30.7 Å². The van der Waals surface area contributed by atoms with Gasteiger partial charge < -0.3 is 9.80 Å². The fraction of sp³-hybridized carbons (Fsp3) is 0.400. The van der Waals surface area contributed by atoms with Gasteiger partial charge in [0.25, 0.3) is 0 Å². The monoisotopic (exact) mass is 347 g/mol. The number of carbonyl (C=O) groups excluding carboxylic acids is 1. The Morgan fingerprint density at radius 2 is 1.88 bits per heavy atom. The van der Waals surface area contributed by atoms with E-state index in [1.54, 1.807) is 24.5 Å². The molecule has 0 aliphatic carbocycles. The number of anilines is 1. The first-order valence-electron chi connectivity index (χ1n) is 8.87. The second-order valence-corrected chi connectivity index (χ2v) is 7.47. The maximum atomic E-state index is 12.6. The molecule has 0 bridgehead atoms. The number of hydrogen-bond donors (Lipinski definition) is 0. The molecule has 0 saturated carbocycles. The van der Waals surface area contributed by atoms with Crippen LogP contribution in [0.25, 0.3) is 0 Å². The molecule has 2 aromatic rings. The molecule has 4 rings (SSSR count). The summed E-state index contributed by atoms with van der Waals surface area (Å²) in [6.45, 7) is 6.56. The number of benzene rings is 1. The predicted molar refractivity (Wildman–Crippen MR) is 97.6 cm³/mol. The lowest BCUT2D eigenvalue weighted by Crippen LogP contribution is -2.63. The molecule has 1 fully saturated rings. The second kappa shape index (κ2) is 6.10. The molecule has 1 aromatic heterocycles. The summed E-state index contributed by atoms with van der Waals surface area (Å²) in [7, 11) is 0. The highest BCUT2D eigenvalue weighted by Crippen LogP contribution is 2.44. The van der Waals surface area contributed by atoms with Crippen molar-refractivity contribution in [3.8, 4) is 6.07 Å². The number of hydrogen-bond acceptors (Lipinski definition) is 5. The summed E-state index contributed by atoms with van der Waals surface area (Å²) in [6.07, 6.45) is 3.84. The number of nitrogens with zero attached hydrogens (tertiary/aromatic N) is 5. The molecule has 1 amide bonds. The smallest absolute Gasteiger partial charge is 0.227 e. The van der Waals surface area contributed by atoms with Gasteiger partial charge in [0.2, 0.25) is 5.91 Å². The third kappa shape index (κ3) is 2.60. The van der Waals surface area contributed by atoms with E-state index in [9.17, 15) is 4.79 Å². The van der Waals surface area contributed by atoms with E-state index in [4.69, 9.17) is 5.26 Å². The molecule has 0 N–H and O–H groups in total. The Morgan fingerprint density at radius 3 is 2.54 bits per heavy atom. The molecule has 3 heterocycles. The van der Waals surface area contributed by atoms with Crippen LogP contribution in [0, 0.1) is 11.3 Å². The Hall–Kier alpha value is -2.94. The topological polar surface area (TPSA) is 73.1 Å². The van der Waals surface area contributed by atoms with E-state index in [1.165, 1.54) is 0 Å². The molecular weight excluding hydrogens is 326 g/mol. The maximum absolute atomic E-state index is 12.6. The Balaban J connectivity index is 1.46. The molecule has 1 spiro atoms. The average molecular weight is 347 g/mol. The Bertz CT molecular complexity index is 878. The van der Waals surface area contributed by atoms with Crippen LogP contribution in [0.3, 0.4) is 0 Å².